The van der Waals surface area contributed by atoms with Gasteiger partial charge in [0.2, 0.25) is 0 Å². The molecule has 2 unspecified atom stereocenters. The average molecular weight is 506 g/mol. The Morgan fingerprint density at radius 1 is 1.05 bits per heavy atom. The van der Waals surface area contributed by atoms with Crippen LogP contribution in [0.3, 0.4) is 0 Å². The first-order chi connectivity index (χ1) is 18.6. The maximum Gasteiger partial charge on any atom is 0.341 e. The maximum atomic E-state index is 14.2. The Morgan fingerprint density at radius 2 is 1.79 bits per heavy atom. The van der Waals surface area contributed by atoms with Gasteiger partial charge in [-0.1, -0.05) is 72.8 Å². The summed E-state index contributed by atoms with van der Waals surface area (Å²) < 4.78 is 8.74. The fourth-order valence-corrected chi connectivity index (χ4v) is 5.28. The summed E-state index contributed by atoms with van der Waals surface area (Å²) in [4.78, 5) is 27.6. The van der Waals surface area contributed by atoms with Crippen LogP contribution in [0.15, 0.2) is 95.3 Å². The second-order valence-corrected chi connectivity index (χ2v) is 9.29. The Kier molecular flexibility index (Phi) is 5.99. The summed E-state index contributed by atoms with van der Waals surface area (Å²) in [5.41, 5.74) is 3.44. The summed E-state index contributed by atoms with van der Waals surface area (Å²) in [6.45, 7) is 3.94. The molecule has 0 fully saturated rings. The normalized spacial score (nSPS) is 18.4. The van der Waals surface area contributed by atoms with E-state index >= 15 is 0 Å². The summed E-state index contributed by atoms with van der Waals surface area (Å²) in [5.74, 6) is 0.606. The van der Waals surface area contributed by atoms with Gasteiger partial charge in [0.15, 0.2) is 5.65 Å². The maximum absolute atomic E-state index is 14.2. The molecule has 0 saturated carbocycles. The molecule has 2 aromatic carbocycles. The van der Waals surface area contributed by atoms with Crippen LogP contribution in [0.4, 0.5) is 5.82 Å². The first-order valence-corrected chi connectivity index (χ1v) is 12.8. The van der Waals surface area contributed by atoms with Crippen molar-refractivity contribution in [3.8, 4) is 5.69 Å². The van der Waals surface area contributed by atoms with E-state index in [0.717, 1.165) is 5.56 Å². The van der Waals surface area contributed by atoms with Gasteiger partial charge in [-0.15, -0.1) is 10.2 Å². The monoisotopic (exact) mass is 505 g/mol. The number of fused-ring (bicyclic) bond motifs is 3. The van der Waals surface area contributed by atoms with E-state index in [0.29, 0.717) is 46.1 Å². The van der Waals surface area contributed by atoms with Crippen LogP contribution in [0.2, 0.25) is 0 Å². The number of aromatic nitrogens is 4. The summed E-state index contributed by atoms with van der Waals surface area (Å²) in [6.07, 6.45) is 8.74. The van der Waals surface area contributed by atoms with Gasteiger partial charge in [0, 0.05) is 11.5 Å². The number of hydrogen-bond donors (Lipinski definition) is 1. The molecule has 0 saturated heterocycles. The average Bonchev–Trinajstić information content (AvgIpc) is 3.40. The van der Waals surface area contributed by atoms with Crippen LogP contribution in [0.25, 0.3) is 16.9 Å². The molecule has 2 aliphatic rings. The third-order valence-corrected chi connectivity index (χ3v) is 6.94. The van der Waals surface area contributed by atoms with E-state index in [9.17, 15) is 9.59 Å². The van der Waals surface area contributed by atoms with Crippen LogP contribution in [-0.4, -0.2) is 37.8 Å². The predicted octanol–water partition coefficient (Wildman–Crippen LogP) is 4.66. The molecule has 6 rings (SSSR count). The molecular weight excluding hydrogens is 478 g/mol. The van der Waals surface area contributed by atoms with Crippen molar-refractivity contribution in [2.75, 3.05) is 11.9 Å². The molecule has 0 spiro atoms. The summed E-state index contributed by atoms with van der Waals surface area (Å²) in [7, 11) is 0. The predicted molar refractivity (Wildman–Crippen MR) is 146 cm³/mol. The molecule has 1 aliphatic heterocycles. The smallest absolute Gasteiger partial charge is 0.341 e. The minimum absolute atomic E-state index is 0.103. The molecule has 0 radical (unpaired) electrons. The first kappa shape index (κ1) is 23.7. The number of allylic oxidation sites excluding steroid dienone is 4. The van der Waals surface area contributed by atoms with Gasteiger partial charge >= 0.3 is 11.7 Å². The van der Waals surface area contributed by atoms with Crippen molar-refractivity contribution in [2.24, 2.45) is 0 Å². The van der Waals surface area contributed by atoms with E-state index in [4.69, 9.17) is 4.74 Å². The molecule has 0 amide bonds. The van der Waals surface area contributed by atoms with Crippen molar-refractivity contribution in [3.63, 3.8) is 0 Å². The highest BCUT2D eigenvalue weighted by Crippen LogP contribution is 2.41. The van der Waals surface area contributed by atoms with Crippen molar-refractivity contribution in [3.05, 3.63) is 118 Å². The number of para-hydroxylation sites is 1. The molecular formula is C30H27N5O3. The number of carbonyl (C=O) groups is 1. The van der Waals surface area contributed by atoms with Crippen LogP contribution >= 0.6 is 0 Å². The third kappa shape index (κ3) is 3.76. The lowest BCUT2D eigenvalue weighted by Crippen LogP contribution is -2.37. The standard InChI is InChI=1S/C30H27N5O3/c1-3-38-29(36)23-19(2)31-27-25(24(23)20-13-7-4-8-14-20)28-33-32-26(21-15-9-5-10-16-21)35(28)30(37)34(27)22-17-11-6-12-18-22/h4-15,17-19,21,31H,3,16H2,1-2H3. The summed E-state index contributed by atoms with van der Waals surface area (Å²) in [5, 5.41) is 12.5. The van der Waals surface area contributed by atoms with Gasteiger partial charge in [-0.25, -0.2) is 18.6 Å². The van der Waals surface area contributed by atoms with Crippen molar-refractivity contribution in [2.45, 2.75) is 32.2 Å². The van der Waals surface area contributed by atoms with Gasteiger partial charge in [0.05, 0.1) is 29.5 Å². The van der Waals surface area contributed by atoms with Crippen molar-refractivity contribution in [1.82, 2.24) is 19.2 Å². The van der Waals surface area contributed by atoms with Crippen molar-refractivity contribution in [1.29, 1.82) is 0 Å². The zero-order chi connectivity index (χ0) is 26.2. The number of rotatable bonds is 5. The molecule has 8 heteroatoms. The van der Waals surface area contributed by atoms with E-state index < -0.39 is 12.0 Å². The topological polar surface area (TPSA) is 90.5 Å². The Labute approximate surface area is 219 Å². The largest absolute Gasteiger partial charge is 0.463 e. The Bertz CT molecular complexity index is 1680. The van der Waals surface area contributed by atoms with Gasteiger partial charge < -0.3 is 10.1 Å². The molecule has 8 nitrogen and oxygen atoms in total. The molecule has 0 bridgehead atoms. The number of benzene rings is 2. The SMILES string of the molecule is CCOC(=O)C1=C(c2ccccc2)c2c(n(-c3ccccc3)c(=O)n3c(C4C=CC=CC4)nnc23)NC1C. The molecule has 2 aromatic heterocycles. The van der Waals surface area contributed by atoms with E-state index in [1.165, 1.54) is 0 Å². The van der Waals surface area contributed by atoms with Gasteiger partial charge in [-0.3, -0.25) is 0 Å². The van der Waals surface area contributed by atoms with Gasteiger partial charge in [0.25, 0.3) is 0 Å². The lowest BCUT2D eigenvalue weighted by molar-refractivity contribution is -0.138. The minimum Gasteiger partial charge on any atom is -0.463 e. The van der Waals surface area contributed by atoms with Crippen LogP contribution < -0.4 is 11.0 Å². The van der Waals surface area contributed by atoms with Crippen molar-refractivity contribution < 1.29 is 9.53 Å². The van der Waals surface area contributed by atoms with Gasteiger partial charge in [0.1, 0.15) is 11.6 Å². The van der Waals surface area contributed by atoms with E-state index in [1.54, 1.807) is 15.9 Å². The number of esters is 1. The van der Waals surface area contributed by atoms with Crippen LogP contribution in [0.1, 0.15) is 43.1 Å². The second kappa shape index (κ2) is 9.63. The molecule has 38 heavy (non-hydrogen) atoms. The molecule has 1 N–H and O–H groups in total. The Hall–Kier alpha value is -4.72. The number of anilines is 1. The van der Waals surface area contributed by atoms with E-state index in [2.05, 4.69) is 21.6 Å². The molecule has 190 valence electrons. The van der Waals surface area contributed by atoms with Crippen LogP contribution in [0.5, 0.6) is 0 Å². The van der Waals surface area contributed by atoms with E-state index in [1.807, 2.05) is 85.8 Å². The molecule has 2 atom stereocenters. The zero-order valence-corrected chi connectivity index (χ0v) is 21.2. The fourth-order valence-electron chi connectivity index (χ4n) is 5.28. The highest BCUT2D eigenvalue weighted by molar-refractivity contribution is 6.08. The van der Waals surface area contributed by atoms with E-state index in [-0.39, 0.29) is 18.2 Å². The fraction of sp³-hybridized carbons (Fsp3) is 0.200. The zero-order valence-electron chi connectivity index (χ0n) is 21.2. The number of nitrogens with one attached hydrogen (secondary N) is 1. The van der Waals surface area contributed by atoms with Gasteiger partial charge in [-0.2, -0.15) is 0 Å². The highest BCUT2D eigenvalue weighted by Gasteiger charge is 2.36. The molecule has 3 heterocycles. The molecule has 4 aromatic rings. The van der Waals surface area contributed by atoms with Crippen LogP contribution in [0, 0.1) is 0 Å². The number of ether oxygens (including phenoxy) is 1. The van der Waals surface area contributed by atoms with Crippen molar-refractivity contribution >= 4 is 23.0 Å². The molecule has 1 aliphatic carbocycles. The third-order valence-electron chi connectivity index (χ3n) is 6.94. The summed E-state index contributed by atoms with van der Waals surface area (Å²) >= 11 is 0. The van der Waals surface area contributed by atoms with Crippen LogP contribution in [-0.2, 0) is 9.53 Å². The number of carbonyl (C=O) groups excluding carboxylic acids is 1. The lowest BCUT2D eigenvalue weighted by Gasteiger charge is -2.31. The number of nitrogens with zero attached hydrogens (tertiary/aromatic N) is 4. The second-order valence-electron chi connectivity index (χ2n) is 9.29. The Balaban J connectivity index is 1.77. The first-order valence-electron chi connectivity index (χ1n) is 12.8. The lowest BCUT2D eigenvalue weighted by atomic mass is 9.87. The Morgan fingerprint density at radius 3 is 2.47 bits per heavy atom. The quantitative estimate of drug-likeness (QED) is 0.397. The summed E-state index contributed by atoms with van der Waals surface area (Å²) in [6, 6.07) is 18.7. The highest BCUT2D eigenvalue weighted by atomic mass is 16.5. The van der Waals surface area contributed by atoms with Gasteiger partial charge in [-0.05, 0) is 38.0 Å². The minimum atomic E-state index is -0.428. The number of hydrogen-bond acceptors (Lipinski definition) is 6.